The molecule has 1 N–H and O–H groups in total. The summed E-state index contributed by atoms with van der Waals surface area (Å²) >= 11 is 4.88. The van der Waals surface area contributed by atoms with Crippen molar-refractivity contribution in [1.82, 2.24) is 5.43 Å². The average molecular weight is 247 g/mol. The van der Waals surface area contributed by atoms with Gasteiger partial charge < -0.3 is 0 Å². The predicted octanol–water partition coefficient (Wildman–Crippen LogP) is 1.98. The number of hydrogen-bond acceptors (Lipinski definition) is 3. The molecular weight excluding hydrogens is 240 g/mol. The van der Waals surface area contributed by atoms with Crippen LogP contribution in [0.1, 0.15) is 11.8 Å². The summed E-state index contributed by atoms with van der Waals surface area (Å²) in [6.07, 6.45) is 1.61. The Morgan fingerprint density at radius 2 is 2.50 bits per heavy atom. The van der Waals surface area contributed by atoms with Crippen LogP contribution in [0.25, 0.3) is 0 Å². The van der Waals surface area contributed by atoms with Crippen molar-refractivity contribution in [3.63, 3.8) is 0 Å². The number of nitrogens with zero attached hydrogens (tertiary/aromatic N) is 1. The summed E-state index contributed by atoms with van der Waals surface area (Å²) < 4.78 is 1.05. The molecule has 0 atom stereocenters. The van der Waals surface area contributed by atoms with Gasteiger partial charge in [0.15, 0.2) is 0 Å². The molecule has 0 aliphatic rings. The number of halogens is 1. The highest BCUT2D eigenvalue weighted by molar-refractivity contribution is 9.11. The number of thiophene rings is 1. The molecule has 0 bridgehead atoms. The zero-order valence-corrected chi connectivity index (χ0v) is 8.78. The molecule has 1 amide bonds. The topological polar surface area (TPSA) is 41.5 Å². The first-order chi connectivity index (χ1) is 5.68. The Morgan fingerprint density at radius 3 is 3.00 bits per heavy atom. The zero-order chi connectivity index (χ0) is 8.97. The fourth-order valence-corrected chi connectivity index (χ4v) is 1.88. The first-order valence-corrected chi connectivity index (χ1v) is 4.84. The van der Waals surface area contributed by atoms with Gasteiger partial charge in [0.2, 0.25) is 5.91 Å². The Kier molecular flexibility index (Phi) is 3.43. The molecular formula is C7H7BrN2OS. The van der Waals surface area contributed by atoms with E-state index in [0.29, 0.717) is 0 Å². The smallest absolute Gasteiger partial charge is 0.236 e. The molecule has 0 aliphatic heterocycles. The minimum absolute atomic E-state index is 0.165. The van der Waals surface area contributed by atoms with Crippen molar-refractivity contribution in [2.24, 2.45) is 5.10 Å². The Bertz CT molecular complexity index is 308. The third-order valence-electron chi connectivity index (χ3n) is 1.01. The summed E-state index contributed by atoms with van der Waals surface area (Å²) in [5.41, 5.74) is 2.33. The zero-order valence-electron chi connectivity index (χ0n) is 6.37. The van der Waals surface area contributed by atoms with Gasteiger partial charge in [0.05, 0.1) is 10.0 Å². The molecule has 3 nitrogen and oxygen atoms in total. The second kappa shape index (κ2) is 4.37. The van der Waals surface area contributed by atoms with Gasteiger partial charge in [0.25, 0.3) is 0 Å². The first kappa shape index (κ1) is 9.41. The van der Waals surface area contributed by atoms with Crippen molar-refractivity contribution in [3.8, 4) is 0 Å². The molecule has 1 heterocycles. The Balaban J connectivity index is 2.52. The van der Waals surface area contributed by atoms with Crippen LogP contribution in [0.4, 0.5) is 0 Å². The van der Waals surface area contributed by atoms with Crippen molar-refractivity contribution in [1.29, 1.82) is 0 Å². The molecule has 12 heavy (non-hydrogen) atoms. The number of amides is 1. The van der Waals surface area contributed by atoms with Crippen molar-refractivity contribution in [2.45, 2.75) is 6.92 Å². The lowest BCUT2D eigenvalue weighted by Gasteiger charge is -1.88. The normalized spacial score (nSPS) is 10.5. The van der Waals surface area contributed by atoms with Crippen LogP contribution >= 0.6 is 27.3 Å². The van der Waals surface area contributed by atoms with E-state index in [9.17, 15) is 4.79 Å². The summed E-state index contributed by atoms with van der Waals surface area (Å²) in [4.78, 5) is 11.4. The molecule has 0 saturated carbocycles. The van der Waals surface area contributed by atoms with Crippen molar-refractivity contribution >= 4 is 39.4 Å². The molecule has 1 rings (SSSR count). The van der Waals surface area contributed by atoms with Crippen molar-refractivity contribution < 1.29 is 4.79 Å². The summed E-state index contributed by atoms with van der Waals surface area (Å²) in [6.45, 7) is 1.42. The molecule has 0 radical (unpaired) electrons. The van der Waals surface area contributed by atoms with Crippen LogP contribution in [-0.2, 0) is 4.79 Å². The Morgan fingerprint density at radius 1 is 1.75 bits per heavy atom. The SMILES string of the molecule is CC(=O)N/N=C\c1ccc(Br)s1. The van der Waals surface area contributed by atoms with Gasteiger partial charge in [-0.25, -0.2) is 5.43 Å². The number of carbonyl (C=O) groups is 1. The van der Waals surface area contributed by atoms with E-state index in [2.05, 4.69) is 26.5 Å². The number of carbonyl (C=O) groups excluding carboxylic acids is 1. The van der Waals surface area contributed by atoms with Crippen LogP contribution in [0, 0.1) is 0 Å². The van der Waals surface area contributed by atoms with E-state index in [4.69, 9.17) is 0 Å². The van der Waals surface area contributed by atoms with Gasteiger partial charge in [-0.2, -0.15) is 5.10 Å². The van der Waals surface area contributed by atoms with Crippen molar-refractivity contribution in [2.75, 3.05) is 0 Å². The highest BCUT2D eigenvalue weighted by Crippen LogP contribution is 2.20. The van der Waals surface area contributed by atoms with E-state index < -0.39 is 0 Å². The summed E-state index contributed by atoms with van der Waals surface area (Å²) in [7, 11) is 0. The van der Waals surface area contributed by atoms with Crippen LogP contribution in [0.3, 0.4) is 0 Å². The lowest BCUT2D eigenvalue weighted by molar-refractivity contribution is -0.118. The monoisotopic (exact) mass is 246 g/mol. The maximum atomic E-state index is 10.4. The molecule has 0 saturated heterocycles. The van der Waals surface area contributed by atoms with E-state index in [1.165, 1.54) is 6.92 Å². The van der Waals surface area contributed by atoms with Crippen molar-refractivity contribution in [3.05, 3.63) is 20.8 Å². The first-order valence-electron chi connectivity index (χ1n) is 3.23. The third-order valence-corrected chi connectivity index (χ3v) is 2.57. The third kappa shape index (κ3) is 3.15. The standard InChI is InChI=1S/C7H7BrN2OS/c1-5(11)10-9-4-6-2-3-7(8)12-6/h2-4H,1H3,(H,10,11)/b9-4-. The largest absolute Gasteiger partial charge is 0.274 e. The van der Waals surface area contributed by atoms with Gasteiger partial charge in [0.1, 0.15) is 0 Å². The van der Waals surface area contributed by atoms with E-state index in [1.807, 2.05) is 12.1 Å². The van der Waals surface area contributed by atoms with Gasteiger partial charge in [-0.1, -0.05) is 0 Å². The number of nitrogens with one attached hydrogen (secondary N) is 1. The van der Waals surface area contributed by atoms with E-state index in [1.54, 1.807) is 17.6 Å². The predicted molar refractivity (Wildman–Crippen MR) is 53.4 cm³/mol. The van der Waals surface area contributed by atoms with E-state index in [-0.39, 0.29) is 5.91 Å². The van der Waals surface area contributed by atoms with Crippen LogP contribution in [0.15, 0.2) is 21.0 Å². The number of rotatable bonds is 2. The molecule has 0 aliphatic carbocycles. The molecule has 0 spiro atoms. The molecule has 0 unspecified atom stereocenters. The Labute approximate surface area is 82.6 Å². The minimum Gasteiger partial charge on any atom is -0.274 e. The van der Waals surface area contributed by atoms with Gasteiger partial charge >= 0.3 is 0 Å². The van der Waals surface area contributed by atoms with E-state index >= 15 is 0 Å². The maximum Gasteiger partial charge on any atom is 0.236 e. The summed E-state index contributed by atoms with van der Waals surface area (Å²) in [5, 5.41) is 3.72. The fourth-order valence-electron chi connectivity index (χ4n) is 0.584. The van der Waals surface area contributed by atoms with Crippen LogP contribution in [0.2, 0.25) is 0 Å². The molecule has 1 aromatic heterocycles. The summed E-state index contributed by atoms with van der Waals surface area (Å²) in [5.74, 6) is -0.165. The van der Waals surface area contributed by atoms with E-state index in [0.717, 1.165) is 8.66 Å². The van der Waals surface area contributed by atoms with Crippen LogP contribution < -0.4 is 5.43 Å². The fraction of sp³-hybridized carbons (Fsp3) is 0.143. The van der Waals surface area contributed by atoms with Crippen LogP contribution in [-0.4, -0.2) is 12.1 Å². The van der Waals surface area contributed by atoms with Gasteiger partial charge in [-0.15, -0.1) is 11.3 Å². The highest BCUT2D eigenvalue weighted by Gasteiger charge is 1.92. The second-order valence-electron chi connectivity index (χ2n) is 2.07. The number of hydrazone groups is 1. The highest BCUT2D eigenvalue weighted by atomic mass is 79.9. The quantitative estimate of drug-likeness (QED) is 0.630. The maximum absolute atomic E-state index is 10.4. The molecule has 1 aromatic rings. The number of hydrogen-bond donors (Lipinski definition) is 1. The Hall–Kier alpha value is -0.680. The van der Waals surface area contributed by atoms with Crippen LogP contribution in [0.5, 0.6) is 0 Å². The average Bonchev–Trinajstić information content (AvgIpc) is 2.35. The summed E-state index contributed by atoms with van der Waals surface area (Å²) in [6, 6.07) is 3.85. The van der Waals surface area contributed by atoms with Gasteiger partial charge in [-0.05, 0) is 28.1 Å². The minimum atomic E-state index is -0.165. The molecule has 5 heteroatoms. The lowest BCUT2D eigenvalue weighted by atomic mass is 10.5. The van der Waals surface area contributed by atoms with Gasteiger partial charge in [-0.3, -0.25) is 4.79 Å². The van der Waals surface area contributed by atoms with Gasteiger partial charge in [0, 0.05) is 11.8 Å². The molecule has 64 valence electrons. The molecule has 0 aromatic carbocycles. The molecule has 0 fully saturated rings. The lowest BCUT2D eigenvalue weighted by Crippen LogP contribution is -2.11. The second-order valence-corrected chi connectivity index (χ2v) is 4.56.